The molecule has 37 heavy (non-hydrogen) atoms. The molecule has 0 saturated heterocycles. The zero-order valence-corrected chi connectivity index (χ0v) is 22.2. The van der Waals surface area contributed by atoms with Crippen molar-refractivity contribution in [1.82, 2.24) is 4.98 Å². The number of sulfonamides is 1. The van der Waals surface area contributed by atoms with E-state index in [0.717, 1.165) is 5.56 Å². The molecule has 0 spiro atoms. The van der Waals surface area contributed by atoms with E-state index in [1.165, 1.54) is 0 Å². The molecule has 1 aromatic heterocycles. The summed E-state index contributed by atoms with van der Waals surface area (Å²) in [6.07, 6.45) is -0.849. The number of hydrogen-bond acceptors (Lipinski definition) is 6. The number of carbonyl (C=O) groups is 1. The van der Waals surface area contributed by atoms with Crippen LogP contribution in [0.5, 0.6) is 11.6 Å². The molecule has 0 fully saturated rings. The van der Waals surface area contributed by atoms with Crippen molar-refractivity contribution in [3.05, 3.63) is 72.3 Å². The average Bonchev–Trinajstić information content (AvgIpc) is 3.20. The maximum absolute atomic E-state index is 13.1. The number of H-pyrrole nitrogens is 1. The van der Waals surface area contributed by atoms with Gasteiger partial charge in [0, 0.05) is 16.6 Å². The van der Waals surface area contributed by atoms with E-state index in [9.17, 15) is 13.2 Å². The average molecular weight is 523 g/mol. The normalized spacial score (nSPS) is 11.8. The number of methoxy groups -OCH3 is 1. The van der Waals surface area contributed by atoms with Crippen LogP contribution in [0.4, 0.5) is 10.5 Å². The monoisotopic (exact) mass is 522 g/mol. The Morgan fingerprint density at radius 1 is 1.00 bits per heavy atom. The highest BCUT2D eigenvalue weighted by molar-refractivity contribution is 7.92. The highest BCUT2D eigenvalue weighted by Gasteiger charge is 2.21. The van der Waals surface area contributed by atoms with E-state index in [4.69, 9.17) is 14.2 Å². The molecule has 0 aliphatic heterocycles. The fourth-order valence-corrected chi connectivity index (χ4v) is 5.00. The predicted molar refractivity (Wildman–Crippen MR) is 144 cm³/mol. The van der Waals surface area contributed by atoms with E-state index in [2.05, 4.69) is 30.5 Å². The van der Waals surface area contributed by atoms with E-state index in [1.54, 1.807) is 56.5 Å². The van der Waals surface area contributed by atoms with Crippen molar-refractivity contribution >= 4 is 32.8 Å². The molecule has 0 unspecified atom stereocenters. The second kappa shape index (κ2) is 10.2. The van der Waals surface area contributed by atoms with Crippen LogP contribution in [0.3, 0.4) is 0 Å². The van der Waals surface area contributed by atoms with E-state index >= 15 is 0 Å². The minimum Gasteiger partial charge on any atom is -0.497 e. The van der Waals surface area contributed by atoms with Crippen LogP contribution in [0.1, 0.15) is 33.3 Å². The van der Waals surface area contributed by atoms with Gasteiger partial charge >= 0.3 is 6.16 Å². The molecule has 1 heterocycles. The van der Waals surface area contributed by atoms with Crippen LogP contribution in [0, 0.1) is 0 Å². The molecule has 3 aromatic carbocycles. The largest absolute Gasteiger partial charge is 0.515 e. The third kappa shape index (κ3) is 5.72. The number of ether oxygens (including phenoxy) is 3. The summed E-state index contributed by atoms with van der Waals surface area (Å²) in [7, 11) is -2.28. The Hall–Kier alpha value is -3.98. The van der Waals surface area contributed by atoms with Crippen molar-refractivity contribution in [2.75, 3.05) is 18.4 Å². The fraction of sp³-hybridized carbons (Fsp3) is 0.250. The molecule has 9 heteroatoms. The summed E-state index contributed by atoms with van der Waals surface area (Å²) in [5.74, 6) is 0.795. The standard InChI is InChI=1S/C28H30N2O6S/c1-6-35-27(31)36-26-25(18-8-7-9-21(16-18)34-5)23-17-20(12-15-24(23)29-26)30-37(32,33)22-13-10-19(11-14-22)28(2,3)4/h7-17,29-30H,6H2,1-5H3. The van der Waals surface area contributed by atoms with Crippen LogP contribution in [0.15, 0.2) is 71.6 Å². The fourth-order valence-electron chi connectivity index (χ4n) is 3.95. The Kier molecular flexibility index (Phi) is 7.18. The number of nitrogens with one attached hydrogen (secondary N) is 2. The molecule has 0 radical (unpaired) electrons. The van der Waals surface area contributed by atoms with Crippen molar-refractivity contribution in [3.8, 4) is 22.8 Å². The number of fused-ring (bicyclic) bond motifs is 1. The number of aromatic nitrogens is 1. The lowest BCUT2D eigenvalue weighted by Gasteiger charge is -2.19. The predicted octanol–water partition coefficient (Wildman–Crippen LogP) is 6.48. The van der Waals surface area contributed by atoms with Crippen molar-refractivity contribution in [3.63, 3.8) is 0 Å². The van der Waals surface area contributed by atoms with Gasteiger partial charge in [0.15, 0.2) is 0 Å². The molecule has 4 aromatic rings. The Labute approximate surface area is 216 Å². The van der Waals surface area contributed by atoms with Gasteiger partial charge in [0.25, 0.3) is 10.0 Å². The molecule has 8 nitrogen and oxygen atoms in total. The summed E-state index contributed by atoms with van der Waals surface area (Å²) in [5.41, 5.74) is 3.24. The van der Waals surface area contributed by atoms with Crippen LogP contribution in [0.2, 0.25) is 0 Å². The molecule has 0 aliphatic carbocycles. The maximum Gasteiger partial charge on any atom is 0.515 e. The zero-order valence-electron chi connectivity index (χ0n) is 21.4. The van der Waals surface area contributed by atoms with Crippen molar-refractivity contribution < 1.29 is 27.4 Å². The number of hydrogen-bond donors (Lipinski definition) is 2. The summed E-state index contributed by atoms with van der Waals surface area (Å²) in [5, 5.41) is 0.649. The number of aromatic amines is 1. The number of benzene rings is 3. The second-order valence-corrected chi connectivity index (χ2v) is 11.2. The van der Waals surface area contributed by atoms with Crippen LogP contribution in [-0.2, 0) is 20.2 Å². The SMILES string of the molecule is CCOC(=O)Oc1[nH]c2ccc(NS(=O)(=O)c3ccc(C(C)(C)C)cc3)cc2c1-c1cccc(OC)c1. The molecule has 0 atom stereocenters. The van der Waals surface area contributed by atoms with E-state index in [1.807, 2.05) is 24.3 Å². The van der Waals surface area contributed by atoms with Crippen LogP contribution >= 0.6 is 0 Å². The lowest BCUT2D eigenvalue weighted by molar-refractivity contribution is 0.103. The Balaban J connectivity index is 1.75. The van der Waals surface area contributed by atoms with Crippen molar-refractivity contribution in [2.45, 2.75) is 38.0 Å². The smallest absolute Gasteiger partial charge is 0.497 e. The minimum atomic E-state index is -3.84. The first-order chi connectivity index (χ1) is 17.5. The lowest BCUT2D eigenvalue weighted by Crippen LogP contribution is -2.14. The summed E-state index contributed by atoms with van der Waals surface area (Å²) in [6, 6.07) is 19.2. The Morgan fingerprint density at radius 2 is 1.73 bits per heavy atom. The van der Waals surface area contributed by atoms with Gasteiger partial charge in [0.05, 0.1) is 24.2 Å². The van der Waals surface area contributed by atoms with E-state index < -0.39 is 16.2 Å². The topological polar surface area (TPSA) is 107 Å². The third-order valence-electron chi connectivity index (χ3n) is 5.85. The summed E-state index contributed by atoms with van der Waals surface area (Å²) < 4.78 is 44.7. The molecule has 0 aliphatic rings. The minimum absolute atomic E-state index is 0.0884. The van der Waals surface area contributed by atoms with Gasteiger partial charge in [-0.05, 0) is 65.9 Å². The van der Waals surface area contributed by atoms with Crippen LogP contribution in [0.25, 0.3) is 22.0 Å². The molecular weight excluding hydrogens is 492 g/mol. The molecule has 0 saturated carbocycles. The van der Waals surface area contributed by atoms with E-state index in [-0.39, 0.29) is 22.8 Å². The molecule has 4 rings (SSSR count). The Morgan fingerprint density at radius 3 is 2.38 bits per heavy atom. The molecule has 2 N–H and O–H groups in total. The van der Waals surface area contributed by atoms with Gasteiger partial charge < -0.3 is 19.2 Å². The number of rotatable bonds is 7. The number of anilines is 1. The molecular formula is C28H30N2O6S. The first kappa shape index (κ1) is 26.1. The Bertz CT molecular complexity index is 1530. The first-order valence-electron chi connectivity index (χ1n) is 11.8. The van der Waals surface area contributed by atoms with Crippen molar-refractivity contribution in [2.24, 2.45) is 0 Å². The summed E-state index contributed by atoms with van der Waals surface area (Å²) in [4.78, 5) is 15.4. The third-order valence-corrected chi connectivity index (χ3v) is 7.25. The first-order valence-corrected chi connectivity index (χ1v) is 13.3. The lowest BCUT2D eigenvalue weighted by atomic mass is 9.87. The highest BCUT2D eigenvalue weighted by atomic mass is 32.2. The zero-order chi connectivity index (χ0) is 26.8. The highest BCUT2D eigenvalue weighted by Crippen LogP contribution is 2.40. The molecule has 0 amide bonds. The van der Waals surface area contributed by atoms with Crippen LogP contribution < -0.4 is 14.2 Å². The summed E-state index contributed by atoms with van der Waals surface area (Å²) in [6.45, 7) is 8.06. The van der Waals surface area contributed by atoms with Gasteiger partial charge in [0.2, 0.25) is 5.88 Å². The second-order valence-electron chi connectivity index (χ2n) is 9.49. The van der Waals surface area contributed by atoms with Gasteiger partial charge in [-0.2, -0.15) is 0 Å². The molecule has 0 bridgehead atoms. The van der Waals surface area contributed by atoms with Gasteiger partial charge in [-0.25, -0.2) is 13.2 Å². The quantitative estimate of drug-likeness (QED) is 0.269. The maximum atomic E-state index is 13.1. The number of carbonyl (C=O) groups excluding carboxylic acids is 1. The van der Waals surface area contributed by atoms with Gasteiger partial charge in [-0.15, -0.1) is 0 Å². The summed E-state index contributed by atoms with van der Waals surface area (Å²) >= 11 is 0. The van der Waals surface area contributed by atoms with Crippen LogP contribution in [-0.4, -0.2) is 33.3 Å². The van der Waals surface area contributed by atoms with Gasteiger partial charge in [-0.3, -0.25) is 4.72 Å². The van der Waals surface area contributed by atoms with E-state index in [0.29, 0.717) is 33.5 Å². The van der Waals surface area contributed by atoms with Gasteiger partial charge in [-0.1, -0.05) is 45.0 Å². The molecule has 194 valence electrons. The van der Waals surface area contributed by atoms with Crippen molar-refractivity contribution in [1.29, 1.82) is 0 Å². The van der Waals surface area contributed by atoms with Gasteiger partial charge in [0.1, 0.15) is 5.75 Å².